The van der Waals surface area contributed by atoms with Crippen molar-refractivity contribution in [3.05, 3.63) is 42.5 Å². The van der Waals surface area contributed by atoms with Crippen LogP contribution in [0, 0.1) is 0 Å². The van der Waals surface area contributed by atoms with Gasteiger partial charge in [0.25, 0.3) is 0 Å². The summed E-state index contributed by atoms with van der Waals surface area (Å²) in [6.07, 6.45) is 0.925. The number of hydrogen-bond acceptors (Lipinski definition) is 1. The minimum absolute atomic E-state index is 0.657. The second-order valence-corrected chi connectivity index (χ2v) is 13.0. The van der Waals surface area contributed by atoms with E-state index >= 15 is 0 Å². The first kappa shape index (κ1) is 17.9. The average Bonchev–Trinajstić information content (AvgIpc) is 2.43. The molecule has 1 rings (SSSR count). The highest BCUT2D eigenvalue weighted by atomic mass is 127. The van der Waals surface area contributed by atoms with E-state index in [1.54, 1.807) is 0 Å². The van der Waals surface area contributed by atoms with E-state index in [1.807, 2.05) is 6.07 Å². The van der Waals surface area contributed by atoms with Gasteiger partial charge in [0.1, 0.15) is 0 Å². The van der Waals surface area contributed by atoms with E-state index < -0.39 is 8.32 Å². The Morgan fingerprint density at radius 3 is 2.15 bits per heavy atom. The Morgan fingerprint density at radius 2 is 1.70 bits per heavy atom. The van der Waals surface area contributed by atoms with Gasteiger partial charge in [-0.15, -0.1) is 0 Å². The van der Waals surface area contributed by atoms with Crippen molar-refractivity contribution < 1.29 is 4.43 Å². The van der Waals surface area contributed by atoms with E-state index in [2.05, 4.69) is 81.1 Å². The van der Waals surface area contributed by atoms with E-state index in [4.69, 9.17) is 4.43 Å². The molecule has 1 aromatic carbocycles. The van der Waals surface area contributed by atoms with Gasteiger partial charge in [-0.1, -0.05) is 87.2 Å². The summed E-state index contributed by atoms with van der Waals surface area (Å²) in [6, 6.07) is 10.4. The smallest absolute Gasteiger partial charge is 0.207 e. The fourth-order valence-corrected chi connectivity index (χ4v) is 11.7. The fraction of sp³-hybridized carbons (Fsp3) is 0.529. The van der Waals surface area contributed by atoms with Crippen molar-refractivity contribution in [2.45, 2.75) is 45.2 Å². The quantitative estimate of drug-likeness (QED) is 0.301. The Hall–Kier alpha value is -0.133. The van der Waals surface area contributed by atoms with Crippen LogP contribution in [0.2, 0.25) is 11.1 Å². The Labute approximate surface area is 139 Å². The number of alkyl halides is 1. The first-order chi connectivity index (χ1) is 9.44. The molecule has 0 saturated heterocycles. The molecule has 1 nitrogen and oxygen atoms in total. The van der Waals surface area contributed by atoms with Gasteiger partial charge in [-0.2, -0.15) is 0 Å². The molecule has 0 aromatic heterocycles. The van der Waals surface area contributed by atoms with Crippen molar-refractivity contribution in [1.29, 1.82) is 0 Å². The maximum atomic E-state index is 6.46. The van der Waals surface area contributed by atoms with Crippen molar-refractivity contribution in [3.8, 4) is 0 Å². The minimum Gasteiger partial charge on any atom is -0.415 e. The molecule has 0 fully saturated rings. The lowest BCUT2D eigenvalue weighted by molar-refractivity contribution is 0.298. The molecule has 0 unspecified atom stereocenters. The van der Waals surface area contributed by atoms with Crippen LogP contribution in [0.3, 0.4) is 0 Å². The third-order valence-electron chi connectivity index (χ3n) is 4.12. The summed E-state index contributed by atoms with van der Waals surface area (Å²) in [6.45, 7) is 14.3. The standard InChI is InChI=1S/C17H27IOSi/c1-14(2)20(13-18,15(3)4)19-12-11-16(5)17-9-7-6-8-10-17/h6-10,14-15H,5,11-13H2,1-4H3. The van der Waals surface area contributed by atoms with Gasteiger partial charge in [-0.05, 0) is 28.6 Å². The third kappa shape index (κ3) is 4.43. The molecule has 0 heterocycles. The lowest BCUT2D eigenvalue weighted by Crippen LogP contribution is -2.47. The second kappa shape index (κ2) is 8.34. The van der Waals surface area contributed by atoms with Crippen molar-refractivity contribution in [2.24, 2.45) is 0 Å². The van der Waals surface area contributed by atoms with Gasteiger partial charge in [0.2, 0.25) is 8.32 Å². The van der Waals surface area contributed by atoms with Crippen molar-refractivity contribution in [3.63, 3.8) is 0 Å². The van der Waals surface area contributed by atoms with Crippen LogP contribution in [0.1, 0.15) is 39.7 Å². The lowest BCUT2D eigenvalue weighted by Gasteiger charge is -2.37. The molecule has 0 aliphatic rings. The molecule has 0 bridgehead atoms. The summed E-state index contributed by atoms with van der Waals surface area (Å²) < 4.78 is 7.63. The van der Waals surface area contributed by atoms with Gasteiger partial charge in [0.15, 0.2) is 0 Å². The summed E-state index contributed by atoms with van der Waals surface area (Å²) >= 11 is 2.52. The average molecular weight is 402 g/mol. The number of benzene rings is 1. The Bertz CT molecular complexity index is 406. The SMILES string of the molecule is C=C(CCO[Si](CI)(C(C)C)C(C)C)c1ccccc1. The maximum absolute atomic E-state index is 6.46. The second-order valence-electron chi connectivity index (χ2n) is 5.97. The Morgan fingerprint density at radius 1 is 1.15 bits per heavy atom. The monoisotopic (exact) mass is 402 g/mol. The van der Waals surface area contributed by atoms with E-state index in [0.29, 0.717) is 11.1 Å². The van der Waals surface area contributed by atoms with Gasteiger partial charge >= 0.3 is 0 Å². The van der Waals surface area contributed by atoms with Crippen molar-refractivity contribution >= 4 is 36.5 Å². The zero-order valence-electron chi connectivity index (χ0n) is 13.2. The zero-order valence-corrected chi connectivity index (χ0v) is 16.3. The van der Waals surface area contributed by atoms with E-state index in [0.717, 1.165) is 17.1 Å². The molecule has 0 saturated carbocycles. The number of halogens is 1. The lowest BCUT2D eigenvalue weighted by atomic mass is 10.1. The van der Waals surface area contributed by atoms with Crippen LogP contribution >= 0.6 is 22.6 Å². The van der Waals surface area contributed by atoms with Gasteiger partial charge in [0, 0.05) is 10.7 Å². The summed E-state index contributed by atoms with van der Waals surface area (Å²) in [4.78, 5) is 0. The predicted octanol–water partition coefficient (Wildman–Crippen LogP) is 5.85. The van der Waals surface area contributed by atoms with Crippen LogP contribution in [-0.2, 0) is 4.43 Å². The maximum Gasteiger partial charge on any atom is 0.207 e. The van der Waals surface area contributed by atoms with E-state index in [-0.39, 0.29) is 0 Å². The van der Waals surface area contributed by atoms with Gasteiger partial charge < -0.3 is 4.43 Å². The molecule has 0 aliphatic carbocycles. The van der Waals surface area contributed by atoms with Crippen LogP contribution in [-0.4, -0.2) is 19.0 Å². The topological polar surface area (TPSA) is 9.23 Å². The molecule has 112 valence electrons. The molecule has 3 heteroatoms. The fourth-order valence-electron chi connectivity index (χ4n) is 2.53. The Balaban J connectivity index is 2.60. The van der Waals surface area contributed by atoms with Gasteiger partial charge in [-0.3, -0.25) is 0 Å². The largest absolute Gasteiger partial charge is 0.415 e. The van der Waals surface area contributed by atoms with Crippen LogP contribution in [0.15, 0.2) is 36.9 Å². The van der Waals surface area contributed by atoms with Crippen molar-refractivity contribution in [2.75, 3.05) is 10.7 Å². The molecule has 0 aliphatic heterocycles. The highest BCUT2D eigenvalue weighted by Crippen LogP contribution is 2.35. The number of rotatable bonds is 8. The highest BCUT2D eigenvalue weighted by molar-refractivity contribution is 14.1. The molecule has 0 radical (unpaired) electrons. The van der Waals surface area contributed by atoms with Crippen LogP contribution in [0.4, 0.5) is 0 Å². The van der Waals surface area contributed by atoms with E-state index in [9.17, 15) is 0 Å². The number of hydrogen-bond donors (Lipinski definition) is 0. The molecular weight excluding hydrogens is 375 g/mol. The minimum atomic E-state index is -1.65. The predicted molar refractivity (Wildman–Crippen MR) is 101 cm³/mol. The molecular formula is C17H27IOSi. The molecule has 0 amide bonds. The van der Waals surface area contributed by atoms with Crippen LogP contribution in [0.25, 0.3) is 5.57 Å². The zero-order chi connectivity index (χ0) is 15.2. The van der Waals surface area contributed by atoms with Crippen LogP contribution < -0.4 is 0 Å². The molecule has 0 N–H and O–H groups in total. The first-order valence-corrected chi connectivity index (χ1v) is 11.2. The molecule has 0 atom stereocenters. The van der Waals surface area contributed by atoms with E-state index in [1.165, 1.54) is 11.1 Å². The Kier molecular flexibility index (Phi) is 7.47. The highest BCUT2D eigenvalue weighted by Gasteiger charge is 2.40. The van der Waals surface area contributed by atoms with Crippen molar-refractivity contribution in [1.82, 2.24) is 0 Å². The first-order valence-electron chi connectivity index (χ1n) is 7.37. The molecule has 0 spiro atoms. The summed E-state index contributed by atoms with van der Waals surface area (Å²) in [7, 11) is -1.65. The summed E-state index contributed by atoms with van der Waals surface area (Å²) in [5, 5.41) is 0. The normalized spacial score (nSPS) is 12.2. The molecule has 20 heavy (non-hydrogen) atoms. The van der Waals surface area contributed by atoms with Crippen LogP contribution in [0.5, 0.6) is 0 Å². The van der Waals surface area contributed by atoms with Gasteiger partial charge in [0.05, 0.1) is 0 Å². The molecule has 1 aromatic rings. The summed E-state index contributed by atoms with van der Waals surface area (Å²) in [5.41, 5.74) is 3.72. The van der Waals surface area contributed by atoms with Gasteiger partial charge in [-0.25, -0.2) is 0 Å². The summed E-state index contributed by atoms with van der Waals surface area (Å²) in [5.74, 6) is 0. The third-order valence-corrected chi connectivity index (χ3v) is 12.8.